The highest BCUT2D eigenvalue weighted by Gasteiger charge is 2.13. The number of hydrogen-bond acceptors (Lipinski definition) is 4. The van der Waals surface area contributed by atoms with Crippen LogP contribution in [-0.4, -0.2) is 31.2 Å². The van der Waals surface area contributed by atoms with Crippen molar-refractivity contribution in [2.75, 3.05) is 12.0 Å². The van der Waals surface area contributed by atoms with Crippen molar-refractivity contribution in [2.45, 2.75) is 0 Å². The van der Waals surface area contributed by atoms with Gasteiger partial charge in [0.1, 0.15) is 11.4 Å². The van der Waals surface area contributed by atoms with E-state index in [2.05, 4.69) is 4.98 Å². The Hall–Kier alpha value is -1.23. The first-order valence-electron chi connectivity index (χ1n) is 3.61. The molecule has 1 heterocycles. The van der Waals surface area contributed by atoms with Gasteiger partial charge >= 0.3 is 0 Å². The number of nitrogens with zero attached hydrogens (tertiary/aromatic N) is 1. The van der Waals surface area contributed by atoms with Crippen LogP contribution in [0, 0.1) is 0 Å². The van der Waals surface area contributed by atoms with Gasteiger partial charge in [-0.25, -0.2) is 8.42 Å². The molecule has 0 aliphatic heterocycles. The van der Waals surface area contributed by atoms with Crippen molar-refractivity contribution in [1.82, 2.24) is 4.98 Å². The maximum atomic E-state index is 11.2. The van der Waals surface area contributed by atoms with Crippen LogP contribution < -0.4 is 0 Å². The number of hydrogen-bond donors (Lipinski definition) is 0. The fraction of sp³-hybridized carbons (Fsp3) is 0.250. The molecule has 70 valence electrons. The van der Waals surface area contributed by atoms with E-state index in [-0.39, 0.29) is 5.69 Å². The molecule has 0 saturated heterocycles. The molecule has 1 aromatic rings. The van der Waals surface area contributed by atoms with Gasteiger partial charge in [-0.05, 0) is 12.1 Å². The Labute approximate surface area is 76.5 Å². The lowest BCUT2D eigenvalue weighted by molar-refractivity contribution is 0.101. The molecule has 0 N–H and O–H groups in total. The molecule has 0 fully saturated rings. The maximum Gasteiger partial charge on any atom is 0.196 e. The van der Waals surface area contributed by atoms with Gasteiger partial charge in [-0.2, -0.15) is 0 Å². The van der Waals surface area contributed by atoms with E-state index >= 15 is 0 Å². The quantitative estimate of drug-likeness (QED) is 0.657. The smallest absolute Gasteiger partial charge is 0.196 e. The molecule has 0 bridgehead atoms. The van der Waals surface area contributed by atoms with Crippen molar-refractivity contribution in [1.29, 1.82) is 0 Å². The molecule has 0 radical (unpaired) electrons. The lowest BCUT2D eigenvalue weighted by Gasteiger charge is -1.96. The van der Waals surface area contributed by atoms with Gasteiger partial charge < -0.3 is 0 Å². The van der Waals surface area contributed by atoms with Crippen LogP contribution in [0.4, 0.5) is 0 Å². The summed E-state index contributed by atoms with van der Waals surface area (Å²) in [7, 11) is -3.26. The van der Waals surface area contributed by atoms with E-state index in [9.17, 15) is 13.2 Å². The van der Waals surface area contributed by atoms with Gasteiger partial charge in [0, 0.05) is 12.5 Å². The minimum Gasteiger partial charge on any atom is -0.291 e. The summed E-state index contributed by atoms with van der Waals surface area (Å²) in [6.45, 7) is 0. The first-order valence-corrected chi connectivity index (χ1v) is 5.67. The van der Waals surface area contributed by atoms with Gasteiger partial charge in [0.15, 0.2) is 15.6 Å². The third-order valence-corrected chi connectivity index (χ3v) is 2.13. The number of carbonyl (C=O) groups excluding carboxylic acids is 1. The molecule has 4 nitrogen and oxygen atoms in total. The summed E-state index contributed by atoms with van der Waals surface area (Å²) in [6, 6.07) is 4.80. The Bertz CT molecular complexity index is 397. The fourth-order valence-electron chi connectivity index (χ4n) is 0.840. The topological polar surface area (TPSA) is 64.1 Å². The Morgan fingerprint density at radius 3 is 2.62 bits per heavy atom. The molecule has 0 atom stereocenters. The second kappa shape index (κ2) is 3.66. The number of aromatic nitrogens is 1. The highest BCUT2D eigenvalue weighted by atomic mass is 32.2. The molecule has 0 amide bonds. The third kappa shape index (κ3) is 3.33. The van der Waals surface area contributed by atoms with Crippen molar-refractivity contribution >= 4 is 15.6 Å². The average Bonchev–Trinajstić information content (AvgIpc) is 2.03. The third-order valence-electron chi connectivity index (χ3n) is 1.34. The highest BCUT2D eigenvalue weighted by Crippen LogP contribution is 1.97. The summed E-state index contributed by atoms with van der Waals surface area (Å²) < 4.78 is 21.5. The molecule has 1 aromatic heterocycles. The number of rotatable bonds is 3. The molecule has 0 aliphatic rings. The largest absolute Gasteiger partial charge is 0.291 e. The standard InChI is InChI=1S/C8H9NO3S/c1-13(11,12)6-8(10)7-4-2-3-5-9-7/h2-5H,6H2,1H3. The van der Waals surface area contributed by atoms with Crippen LogP contribution in [0.2, 0.25) is 0 Å². The van der Waals surface area contributed by atoms with Crippen molar-refractivity contribution in [3.63, 3.8) is 0 Å². The zero-order valence-electron chi connectivity index (χ0n) is 7.10. The van der Waals surface area contributed by atoms with E-state index in [0.29, 0.717) is 0 Å². The Kier molecular flexibility index (Phi) is 2.77. The highest BCUT2D eigenvalue weighted by molar-refractivity contribution is 7.91. The Morgan fingerprint density at radius 1 is 1.46 bits per heavy atom. The van der Waals surface area contributed by atoms with Crippen LogP contribution in [0.15, 0.2) is 24.4 Å². The molecule has 1 rings (SSSR count). The average molecular weight is 199 g/mol. The predicted molar refractivity (Wildman–Crippen MR) is 48.3 cm³/mol. The Balaban J connectivity index is 2.82. The van der Waals surface area contributed by atoms with Gasteiger partial charge in [0.25, 0.3) is 0 Å². The molecule has 0 aromatic carbocycles. The fourth-order valence-corrected chi connectivity index (χ4v) is 1.46. The zero-order valence-corrected chi connectivity index (χ0v) is 7.91. The lowest BCUT2D eigenvalue weighted by atomic mass is 10.3. The van der Waals surface area contributed by atoms with Crippen molar-refractivity contribution in [3.05, 3.63) is 30.1 Å². The molecular weight excluding hydrogens is 190 g/mol. The van der Waals surface area contributed by atoms with Crippen LogP contribution in [0.25, 0.3) is 0 Å². The zero-order chi connectivity index (χ0) is 9.90. The monoisotopic (exact) mass is 199 g/mol. The van der Waals surface area contributed by atoms with E-state index < -0.39 is 21.4 Å². The summed E-state index contributed by atoms with van der Waals surface area (Å²) in [5.41, 5.74) is 0.188. The SMILES string of the molecule is CS(=O)(=O)CC(=O)c1ccccn1. The van der Waals surface area contributed by atoms with Gasteiger partial charge in [-0.15, -0.1) is 0 Å². The summed E-state index contributed by atoms with van der Waals surface area (Å²) >= 11 is 0. The predicted octanol–water partition coefficient (Wildman–Crippen LogP) is 0.309. The number of sulfone groups is 1. The van der Waals surface area contributed by atoms with Gasteiger partial charge in [-0.1, -0.05) is 6.07 Å². The van der Waals surface area contributed by atoms with Gasteiger partial charge in [0.2, 0.25) is 0 Å². The molecular formula is C8H9NO3S. The van der Waals surface area contributed by atoms with Gasteiger partial charge in [-0.3, -0.25) is 9.78 Å². The number of ketones is 1. The molecule has 0 aliphatic carbocycles. The molecule has 13 heavy (non-hydrogen) atoms. The number of pyridine rings is 1. The number of Topliss-reactive ketones (excluding diaryl/α,β-unsaturated/α-hetero) is 1. The molecule has 0 saturated carbocycles. The molecule has 0 spiro atoms. The van der Waals surface area contributed by atoms with E-state index in [1.807, 2.05) is 0 Å². The van der Waals surface area contributed by atoms with Crippen LogP contribution in [0.3, 0.4) is 0 Å². The summed E-state index contributed by atoms with van der Waals surface area (Å²) in [5.74, 6) is -0.951. The van der Waals surface area contributed by atoms with Crippen LogP contribution in [0.5, 0.6) is 0 Å². The second-order valence-electron chi connectivity index (χ2n) is 2.71. The van der Waals surface area contributed by atoms with E-state index in [0.717, 1.165) is 6.26 Å². The summed E-state index contributed by atoms with van der Waals surface area (Å²) in [6.07, 6.45) is 2.48. The second-order valence-corrected chi connectivity index (χ2v) is 4.85. The van der Waals surface area contributed by atoms with Crippen molar-refractivity contribution in [3.8, 4) is 0 Å². The first-order chi connectivity index (χ1) is 5.99. The number of carbonyl (C=O) groups is 1. The van der Waals surface area contributed by atoms with Crippen molar-refractivity contribution in [2.24, 2.45) is 0 Å². The van der Waals surface area contributed by atoms with Crippen LogP contribution in [-0.2, 0) is 9.84 Å². The summed E-state index contributed by atoms with van der Waals surface area (Å²) in [4.78, 5) is 15.0. The van der Waals surface area contributed by atoms with Crippen molar-refractivity contribution < 1.29 is 13.2 Å². The molecule has 0 unspecified atom stereocenters. The normalized spacial score (nSPS) is 11.2. The van der Waals surface area contributed by atoms with Gasteiger partial charge in [0.05, 0.1) is 0 Å². The van der Waals surface area contributed by atoms with Crippen LogP contribution >= 0.6 is 0 Å². The first kappa shape index (κ1) is 9.85. The van der Waals surface area contributed by atoms with E-state index in [4.69, 9.17) is 0 Å². The van der Waals surface area contributed by atoms with E-state index in [1.54, 1.807) is 12.1 Å². The minimum absolute atomic E-state index is 0.188. The Morgan fingerprint density at radius 2 is 2.15 bits per heavy atom. The molecule has 5 heteroatoms. The van der Waals surface area contributed by atoms with Crippen LogP contribution in [0.1, 0.15) is 10.5 Å². The van der Waals surface area contributed by atoms with E-state index in [1.165, 1.54) is 12.3 Å². The summed E-state index contributed by atoms with van der Waals surface area (Å²) in [5, 5.41) is 0. The lowest BCUT2D eigenvalue weighted by Crippen LogP contribution is -2.15. The maximum absolute atomic E-state index is 11.2. The minimum atomic E-state index is -3.26.